The Kier molecular flexibility index (Phi) is 3.96. The van der Waals surface area contributed by atoms with Crippen molar-refractivity contribution in [3.63, 3.8) is 0 Å². The number of nitrogens with one attached hydrogen (secondary N) is 2. The maximum atomic E-state index is 4.16. The molecule has 0 saturated heterocycles. The minimum atomic E-state index is 0.845. The number of hydrogen-bond acceptors (Lipinski definition) is 4. The minimum Gasteiger partial charge on any atom is -0.311 e. The van der Waals surface area contributed by atoms with Gasteiger partial charge in [-0.15, -0.1) is 11.3 Å². The second-order valence-corrected chi connectivity index (χ2v) is 6.08. The lowest BCUT2D eigenvalue weighted by Crippen LogP contribution is -2.30. The summed E-state index contributed by atoms with van der Waals surface area (Å²) in [6.07, 6.45) is 4.67. The molecule has 0 bridgehead atoms. The summed E-state index contributed by atoms with van der Waals surface area (Å²) in [5, 5.41) is 12.9. The van der Waals surface area contributed by atoms with Gasteiger partial charge in [-0.25, -0.2) is 0 Å². The lowest BCUT2D eigenvalue weighted by molar-refractivity contribution is 0.321. The maximum absolute atomic E-state index is 4.16. The van der Waals surface area contributed by atoms with Crippen LogP contribution in [-0.4, -0.2) is 41.3 Å². The Labute approximate surface area is 117 Å². The molecule has 0 spiro atoms. The summed E-state index contributed by atoms with van der Waals surface area (Å²) < 4.78 is 0. The van der Waals surface area contributed by atoms with Crippen LogP contribution in [0.2, 0.25) is 0 Å². The van der Waals surface area contributed by atoms with E-state index in [1.54, 1.807) is 11.3 Å². The van der Waals surface area contributed by atoms with Gasteiger partial charge >= 0.3 is 0 Å². The molecule has 0 aliphatic heterocycles. The second-order valence-electron chi connectivity index (χ2n) is 5.14. The molecule has 0 aromatic carbocycles. The van der Waals surface area contributed by atoms with Gasteiger partial charge in [0.15, 0.2) is 0 Å². The number of aromatic amines is 1. The Morgan fingerprint density at radius 2 is 2.42 bits per heavy atom. The summed E-state index contributed by atoms with van der Waals surface area (Å²) in [5.74, 6) is 0. The summed E-state index contributed by atoms with van der Waals surface area (Å²) in [6.45, 7) is 3.03. The minimum absolute atomic E-state index is 0.845. The largest absolute Gasteiger partial charge is 0.311 e. The van der Waals surface area contributed by atoms with Gasteiger partial charge in [0.2, 0.25) is 0 Å². The van der Waals surface area contributed by atoms with Crippen LogP contribution in [0.25, 0.3) is 10.6 Å². The number of nitrogens with zero attached hydrogens (tertiary/aromatic N) is 2. The molecule has 5 heteroatoms. The zero-order chi connectivity index (χ0) is 13.1. The first-order chi connectivity index (χ1) is 9.34. The Morgan fingerprint density at radius 3 is 3.16 bits per heavy atom. The van der Waals surface area contributed by atoms with Gasteiger partial charge in [-0.2, -0.15) is 5.10 Å². The highest BCUT2D eigenvalue weighted by Crippen LogP contribution is 2.26. The monoisotopic (exact) mass is 276 g/mol. The second kappa shape index (κ2) is 5.86. The average Bonchev–Trinajstić information content (AvgIpc) is 2.94. The van der Waals surface area contributed by atoms with Gasteiger partial charge in [-0.3, -0.25) is 5.10 Å². The normalized spacial score (nSPS) is 15.3. The SMILES string of the molecule is CN(CCNCc1cn[nH]c1-c1cccs1)C1CC1. The van der Waals surface area contributed by atoms with Crippen LogP contribution in [-0.2, 0) is 6.54 Å². The smallest absolute Gasteiger partial charge is 0.0794 e. The van der Waals surface area contributed by atoms with Crippen LogP contribution in [0.15, 0.2) is 23.7 Å². The molecular formula is C14H20N4S. The molecule has 1 aliphatic rings. The fourth-order valence-electron chi connectivity index (χ4n) is 2.26. The first kappa shape index (κ1) is 12.8. The van der Waals surface area contributed by atoms with Crippen molar-refractivity contribution in [2.24, 2.45) is 0 Å². The molecule has 102 valence electrons. The predicted octanol–water partition coefficient (Wildman–Crippen LogP) is 2.32. The fourth-order valence-corrected chi connectivity index (χ4v) is 3.01. The van der Waals surface area contributed by atoms with Crippen molar-refractivity contribution < 1.29 is 0 Å². The van der Waals surface area contributed by atoms with Crippen molar-refractivity contribution in [3.05, 3.63) is 29.3 Å². The molecule has 1 fully saturated rings. The van der Waals surface area contributed by atoms with Crippen LogP contribution in [0.3, 0.4) is 0 Å². The third-order valence-corrected chi connectivity index (χ3v) is 4.50. The van der Waals surface area contributed by atoms with Crippen LogP contribution in [0.4, 0.5) is 0 Å². The van der Waals surface area contributed by atoms with Crippen molar-refractivity contribution in [3.8, 4) is 10.6 Å². The van der Waals surface area contributed by atoms with Crippen LogP contribution >= 0.6 is 11.3 Å². The van der Waals surface area contributed by atoms with E-state index in [9.17, 15) is 0 Å². The molecule has 3 rings (SSSR count). The third kappa shape index (κ3) is 3.23. The third-order valence-electron chi connectivity index (χ3n) is 3.61. The number of rotatable bonds is 7. The van der Waals surface area contributed by atoms with Gasteiger partial charge in [0.1, 0.15) is 0 Å². The zero-order valence-corrected chi connectivity index (χ0v) is 12.0. The van der Waals surface area contributed by atoms with Crippen molar-refractivity contribution in [2.45, 2.75) is 25.4 Å². The molecule has 4 nitrogen and oxygen atoms in total. The molecular weight excluding hydrogens is 256 g/mol. The van der Waals surface area contributed by atoms with Gasteiger partial charge in [0.25, 0.3) is 0 Å². The van der Waals surface area contributed by atoms with E-state index in [0.717, 1.165) is 31.4 Å². The van der Waals surface area contributed by atoms with E-state index >= 15 is 0 Å². The van der Waals surface area contributed by atoms with Gasteiger partial charge in [0.05, 0.1) is 16.8 Å². The first-order valence-corrected chi connectivity index (χ1v) is 7.69. The number of H-pyrrole nitrogens is 1. The standard InChI is InChI=1S/C14H20N4S/c1-18(12-4-5-12)7-6-15-9-11-10-16-17-14(11)13-3-2-8-19-13/h2-3,8,10,12,15H,4-7,9H2,1H3,(H,16,17). The quantitative estimate of drug-likeness (QED) is 0.763. The van der Waals surface area contributed by atoms with E-state index in [1.807, 2.05) is 6.20 Å². The Morgan fingerprint density at radius 1 is 1.53 bits per heavy atom. The Bertz CT molecular complexity index is 501. The van der Waals surface area contributed by atoms with Crippen molar-refractivity contribution >= 4 is 11.3 Å². The van der Waals surface area contributed by atoms with E-state index in [4.69, 9.17) is 0 Å². The van der Waals surface area contributed by atoms with Gasteiger partial charge in [-0.1, -0.05) is 6.07 Å². The van der Waals surface area contributed by atoms with Gasteiger partial charge in [0, 0.05) is 31.2 Å². The van der Waals surface area contributed by atoms with Crippen LogP contribution in [0, 0.1) is 0 Å². The maximum Gasteiger partial charge on any atom is 0.0794 e. The molecule has 0 amide bonds. The molecule has 2 aromatic heterocycles. The highest BCUT2D eigenvalue weighted by atomic mass is 32.1. The highest BCUT2D eigenvalue weighted by molar-refractivity contribution is 7.13. The lowest BCUT2D eigenvalue weighted by Gasteiger charge is -2.15. The molecule has 2 heterocycles. The molecule has 0 atom stereocenters. The molecule has 2 N–H and O–H groups in total. The summed E-state index contributed by atoms with van der Waals surface area (Å²) in [7, 11) is 2.22. The van der Waals surface area contributed by atoms with Crippen LogP contribution in [0.5, 0.6) is 0 Å². The first-order valence-electron chi connectivity index (χ1n) is 6.81. The molecule has 0 radical (unpaired) electrons. The Balaban J connectivity index is 1.49. The van der Waals surface area contributed by atoms with Crippen molar-refractivity contribution in [1.29, 1.82) is 0 Å². The predicted molar refractivity (Wildman–Crippen MR) is 79.3 cm³/mol. The number of aromatic nitrogens is 2. The number of thiophene rings is 1. The summed E-state index contributed by atoms with van der Waals surface area (Å²) in [5.41, 5.74) is 2.40. The van der Waals surface area contributed by atoms with E-state index in [1.165, 1.54) is 23.3 Å². The van der Waals surface area contributed by atoms with Gasteiger partial charge in [-0.05, 0) is 31.3 Å². The topological polar surface area (TPSA) is 44.0 Å². The summed E-state index contributed by atoms with van der Waals surface area (Å²) in [4.78, 5) is 3.70. The number of hydrogen-bond donors (Lipinski definition) is 2. The van der Waals surface area contributed by atoms with E-state index in [0.29, 0.717) is 0 Å². The molecule has 0 unspecified atom stereocenters. The van der Waals surface area contributed by atoms with E-state index in [-0.39, 0.29) is 0 Å². The molecule has 1 aliphatic carbocycles. The zero-order valence-electron chi connectivity index (χ0n) is 11.2. The number of likely N-dealkylation sites (N-methyl/N-ethyl adjacent to an activating group) is 1. The average molecular weight is 276 g/mol. The van der Waals surface area contributed by atoms with Gasteiger partial charge < -0.3 is 10.2 Å². The van der Waals surface area contributed by atoms with Crippen molar-refractivity contribution in [1.82, 2.24) is 20.4 Å². The van der Waals surface area contributed by atoms with Crippen molar-refractivity contribution in [2.75, 3.05) is 20.1 Å². The highest BCUT2D eigenvalue weighted by Gasteiger charge is 2.25. The fraction of sp³-hybridized carbons (Fsp3) is 0.500. The Hall–Kier alpha value is -1.17. The van der Waals surface area contributed by atoms with Crippen LogP contribution in [0.1, 0.15) is 18.4 Å². The van der Waals surface area contributed by atoms with E-state index in [2.05, 4.69) is 45.0 Å². The molecule has 19 heavy (non-hydrogen) atoms. The summed E-state index contributed by atoms with van der Waals surface area (Å²) >= 11 is 1.74. The van der Waals surface area contributed by atoms with E-state index < -0.39 is 0 Å². The van der Waals surface area contributed by atoms with Crippen LogP contribution < -0.4 is 5.32 Å². The lowest BCUT2D eigenvalue weighted by atomic mass is 10.2. The molecule has 1 saturated carbocycles. The summed E-state index contributed by atoms with van der Waals surface area (Å²) in [6, 6.07) is 5.04. The molecule has 2 aromatic rings.